The maximum absolute atomic E-state index is 12.5. The van der Waals surface area contributed by atoms with Crippen molar-refractivity contribution in [2.75, 3.05) is 13.7 Å². The van der Waals surface area contributed by atoms with Gasteiger partial charge in [-0.1, -0.05) is 12.1 Å². The van der Waals surface area contributed by atoms with Crippen molar-refractivity contribution in [1.82, 2.24) is 0 Å². The average Bonchev–Trinajstić information content (AvgIpc) is 3.07. The van der Waals surface area contributed by atoms with Crippen LogP contribution in [0.5, 0.6) is 5.75 Å². The molecule has 0 N–H and O–H groups in total. The van der Waals surface area contributed by atoms with Gasteiger partial charge in [0.15, 0.2) is 0 Å². The van der Waals surface area contributed by atoms with Crippen molar-refractivity contribution in [3.63, 3.8) is 0 Å². The summed E-state index contributed by atoms with van der Waals surface area (Å²) >= 11 is 0. The topological polar surface area (TPSA) is 78.9 Å². The van der Waals surface area contributed by atoms with Crippen LogP contribution in [-0.4, -0.2) is 37.0 Å². The molecule has 0 saturated carbocycles. The molecule has 2 aliphatic heterocycles. The second-order valence-electron chi connectivity index (χ2n) is 7.03. The first-order chi connectivity index (χ1) is 12.2. The highest BCUT2D eigenvalue weighted by Gasteiger charge is 2.67. The van der Waals surface area contributed by atoms with Crippen LogP contribution in [0, 0.1) is 5.92 Å². The highest BCUT2D eigenvalue weighted by Crippen LogP contribution is 2.55. The Morgan fingerprint density at radius 3 is 2.50 bits per heavy atom. The lowest BCUT2D eigenvalue weighted by molar-refractivity contribution is -0.156. The van der Waals surface area contributed by atoms with Gasteiger partial charge in [0.1, 0.15) is 29.7 Å². The van der Waals surface area contributed by atoms with Crippen molar-refractivity contribution in [2.45, 2.75) is 38.7 Å². The van der Waals surface area contributed by atoms with Crippen LogP contribution < -0.4 is 4.74 Å². The SMILES string of the molecule is COc1cccc([C@@]2(C3(C)OC(=O)C(C)=C3C)COC(=O)[C@H]2C(C)=O)c1. The van der Waals surface area contributed by atoms with Gasteiger partial charge < -0.3 is 14.2 Å². The van der Waals surface area contributed by atoms with E-state index in [9.17, 15) is 14.4 Å². The minimum atomic E-state index is -1.19. The van der Waals surface area contributed by atoms with Gasteiger partial charge in [0, 0.05) is 5.57 Å². The number of ketones is 1. The van der Waals surface area contributed by atoms with E-state index in [0.29, 0.717) is 22.5 Å². The van der Waals surface area contributed by atoms with E-state index in [0.717, 1.165) is 0 Å². The van der Waals surface area contributed by atoms with E-state index in [-0.39, 0.29) is 12.4 Å². The molecule has 6 nitrogen and oxygen atoms in total. The molecule has 0 bridgehead atoms. The summed E-state index contributed by atoms with van der Waals surface area (Å²) in [6, 6.07) is 7.12. The molecule has 26 heavy (non-hydrogen) atoms. The van der Waals surface area contributed by atoms with Crippen LogP contribution in [0.2, 0.25) is 0 Å². The van der Waals surface area contributed by atoms with E-state index in [1.54, 1.807) is 45.0 Å². The number of carbonyl (C=O) groups is 3. The summed E-state index contributed by atoms with van der Waals surface area (Å²) in [4.78, 5) is 37.3. The van der Waals surface area contributed by atoms with Gasteiger partial charge in [0.2, 0.25) is 0 Å². The van der Waals surface area contributed by atoms with Crippen LogP contribution >= 0.6 is 0 Å². The van der Waals surface area contributed by atoms with Crippen molar-refractivity contribution >= 4 is 17.7 Å². The minimum Gasteiger partial charge on any atom is -0.497 e. The third-order valence-electron chi connectivity index (χ3n) is 5.89. The molecule has 6 heteroatoms. The average molecular weight is 358 g/mol. The molecule has 3 rings (SSSR count). The maximum atomic E-state index is 12.5. The molecule has 0 spiro atoms. The summed E-state index contributed by atoms with van der Waals surface area (Å²) in [5.41, 5.74) is -0.524. The molecule has 1 aromatic rings. The zero-order chi connectivity index (χ0) is 19.3. The Hall–Kier alpha value is -2.63. The Kier molecular flexibility index (Phi) is 4.17. The molecule has 0 amide bonds. The van der Waals surface area contributed by atoms with Crippen molar-refractivity contribution in [2.24, 2.45) is 5.92 Å². The number of rotatable bonds is 4. The molecule has 2 heterocycles. The summed E-state index contributed by atoms with van der Waals surface area (Å²) < 4.78 is 16.4. The van der Waals surface area contributed by atoms with E-state index in [1.807, 2.05) is 0 Å². The van der Waals surface area contributed by atoms with Gasteiger partial charge in [0.05, 0.1) is 12.5 Å². The Morgan fingerprint density at radius 2 is 1.96 bits per heavy atom. The van der Waals surface area contributed by atoms with E-state index in [1.165, 1.54) is 14.0 Å². The first-order valence-corrected chi connectivity index (χ1v) is 8.42. The standard InChI is InChI=1S/C20H22O6/c1-11-12(2)19(4,26-17(11)22)20(10-25-18(23)16(20)13(3)21)14-7-6-8-15(9-14)24-5/h6-9,16H,10H2,1-5H3/t16-,19?,20+/m1/s1. The predicted octanol–water partition coefficient (Wildman–Crippen LogP) is 2.35. The lowest BCUT2D eigenvalue weighted by Crippen LogP contribution is -2.57. The smallest absolute Gasteiger partial charge is 0.334 e. The molecule has 0 aromatic heterocycles. The van der Waals surface area contributed by atoms with Crippen molar-refractivity contribution in [3.05, 3.63) is 41.0 Å². The summed E-state index contributed by atoms with van der Waals surface area (Å²) in [6.07, 6.45) is 0. The van der Waals surface area contributed by atoms with E-state index in [4.69, 9.17) is 14.2 Å². The summed E-state index contributed by atoms with van der Waals surface area (Å²) in [5.74, 6) is -1.88. The minimum absolute atomic E-state index is 0.0579. The van der Waals surface area contributed by atoms with Crippen molar-refractivity contribution in [1.29, 1.82) is 0 Å². The van der Waals surface area contributed by atoms with Crippen molar-refractivity contribution < 1.29 is 28.6 Å². The number of cyclic esters (lactones) is 2. The number of hydrogen-bond acceptors (Lipinski definition) is 6. The maximum Gasteiger partial charge on any atom is 0.334 e. The van der Waals surface area contributed by atoms with Crippen LogP contribution in [0.1, 0.15) is 33.3 Å². The van der Waals surface area contributed by atoms with Crippen LogP contribution in [-0.2, 0) is 29.3 Å². The van der Waals surface area contributed by atoms with Crippen molar-refractivity contribution in [3.8, 4) is 5.75 Å². The molecule has 1 unspecified atom stereocenters. The highest BCUT2D eigenvalue weighted by atomic mass is 16.6. The van der Waals surface area contributed by atoms with E-state index >= 15 is 0 Å². The summed E-state index contributed by atoms with van der Waals surface area (Å²) in [7, 11) is 1.54. The van der Waals surface area contributed by atoms with Crippen LogP contribution in [0.25, 0.3) is 0 Å². The monoisotopic (exact) mass is 358 g/mol. The summed E-state index contributed by atoms with van der Waals surface area (Å²) in [5, 5.41) is 0. The van der Waals surface area contributed by atoms with Gasteiger partial charge in [0.25, 0.3) is 0 Å². The number of carbonyl (C=O) groups excluding carboxylic acids is 3. The lowest BCUT2D eigenvalue weighted by atomic mass is 9.59. The van der Waals surface area contributed by atoms with E-state index < -0.39 is 28.9 Å². The van der Waals surface area contributed by atoms with Crippen LogP contribution in [0.15, 0.2) is 35.4 Å². The molecule has 2 aliphatic rings. The second kappa shape index (κ2) is 5.97. The molecule has 1 aromatic carbocycles. The fourth-order valence-electron chi connectivity index (χ4n) is 4.18. The Labute approximate surface area is 152 Å². The van der Waals surface area contributed by atoms with Crippen LogP contribution in [0.3, 0.4) is 0 Å². The first kappa shape index (κ1) is 18.2. The molecule has 1 saturated heterocycles. The first-order valence-electron chi connectivity index (χ1n) is 8.42. The highest BCUT2D eigenvalue weighted by molar-refractivity contribution is 6.02. The third-order valence-corrected chi connectivity index (χ3v) is 5.89. The molecule has 138 valence electrons. The zero-order valence-corrected chi connectivity index (χ0v) is 15.5. The van der Waals surface area contributed by atoms with Gasteiger partial charge >= 0.3 is 11.9 Å². The summed E-state index contributed by atoms with van der Waals surface area (Å²) in [6.45, 7) is 6.52. The van der Waals surface area contributed by atoms with Gasteiger partial charge in [-0.15, -0.1) is 0 Å². The van der Waals surface area contributed by atoms with Gasteiger partial charge in [-0.2, -0.15) is 0 Å². The normalized spacial score (nSPS) is 31.0. The Bertz CT molecular complexity index is 838. The van der Waals surface area contributed by atoms with Crippen LogP contribution in [0.4, 0.5) is 0 Å². The van der Waals surface area contributed by atoms with E-state index in [2.05, 4.69) is 0 Å². The lowest BCUT2D eigenvalue weighted by Gasteiger charge is -2.44. The van der Waals surface area contributed by atoms with Gasteiger partial charge in [-0.25, -0.2) is 4.79 Å². The number of Topliss-reactive ketones (excluding diaryl/α,β-unsaturated/α-hetero) is 1. The molecule has 0 aliphatic carbocycles. The predicted molar refractivity (Wildman–Crippen MR) is 92.7 cm³/mol. The Balaban J connectivity index is 2.33. The molecule has 1 fully saturated rings. The fraction of sp³-hybridized carbons (Fsp3) is 0.450. The number of esters is 2. The number of benzene rings is 1. The second-order valence-corrected chi connectivity index (χ2v) is 7.03. The molecule has 0 radical (unpaired) electrons. The molecular formula is C20H22O6. The van der Waals surface area contributed by atoms with Gasteiger partial charge in [-0.05, 0) is 51.0 Å². The third kappa shape index (κ3) is 2.21. The number of ether oxygens (including phenoxy) is 3. The fourth-order valence-corrected chi connectivity index (χ4v) is 4.18. The largest absolute Gasteiger partial charge is 0.497 e. The van der Waals surface area contributed by atoms with Gasteiger partial charge in [-0.3, -0.25) is 9.59 Å². The Morgan fingerprint density at radius 1 is 1.27 bits per heavy atom. The number of methoxy groups -OCH3 is 1. The molecular weight excluding hydrogens is 336 g/mol. The molecule has 3 atom stereocenters. The number of hydrogen-bond donors (Lipinski definition) is 0. The quantitative estimate of drug-likeness (QED) is 0.607. The zero-order valence-electron chi connectivity index (χ0n) is 15.5.